The molecule has 2 aliphatic rings. The highest BCUT2D eigenvalue weighted by Gasteiger charge is 2.28. The van der Waals surface area contributed by atoms with E-state index in [1.165, 1.54) is 11.3 Å². The number of H-pyrrole nitrogens is 1. The number of hydrogen-bond acceptors (Lipinski definition) is 5. The zero-order chi connectivity index (χ0) is 18.6. The normalized spacial score (nSPS) is 18.5. The van der Waals surface area contributed by atoms with Gasteiger partial charge in [0.25, 0.3) is 11.8 Å². The summed E-state index contributed by atoms with van der Waals surface area (Å²) in [7, 11) is 0. The number of thiophene rings is 1. The van der Waals surface area contributed by atoms with Crippen LogP contribution < -0.4 is 10.6 Å². The number of rotatable bonds is 6. The molecule has 0 spiro atoms. The van der Waals surface area contributed by atoms with Gasteiger partial charge in [0, 0.05) is 37.1 Å². The van der Waals surface area contributed by atoms with Crippen LogP contribution in [-0.2, 0) is 9.53 Å². The lowest BCUT2D eigenvalue weighted by molar-refractivity contribution is -0.110. The van der Waals surface area contributed by atoms with Crippen LogP contribution in [0.5, 0.6) is 0 Å². The number of aromatic amines is 1. The van der Waals surface area contributed by atoms with Crippen molar-refractivity contribution in [2.24, 2.45) is 0 Å². The van der Waals surface area contributed by atoms with E-state index in [-0.39, 0.29) is 11.8 Å². The fourth-order valence-corrected chi connectivity index (χ4v) is 4.22. The van der Waals surface area contributed by atoms with Gasteiger partial charge in [-0.25, -0.2) is 0 Å². The average Bonchev–Trinajstić information content (AvgIpc) is 3.39. The Labute approximate surface area is 161 Å². The lowest BCUT2D eigenvalue weighted by Crippen LogP contribution is -2.38. The Morgan fingerprint density at radius 2 is 2.22 bits per heavy atom. The molecular weight excluding hydrogens is 364 g/mol. The highest BCUT2D eigenvalue weighted by Crippen LogP contribution is 2.39. The molecule has 0 unspecified atom stereocenters. The number of ether oxygens (including phenoxy) is 1. The van der Waals surface area contributed by atoms with Gasteiger partial charge in [-0.3, -0.25) is 14.5 Å². The Kier molecular flexibility index (Phi) is 5.38. The van der Waals surface area contributed by atoms with Gasteiger partial charge in [-0.2, -0.15) is 0 Å². The number of nitrogens with one attached hydrogen (secondary N) is 3. The van der Waals surface area contributed by atoms with Crippen LogP contribution in [0.4, 0.5) is 5.00 Å². The molecule has 2 amide bonds. The van der Waals surface area contributed by atoms with Crippen LogP contribution in [0.2, 0.25) is 0 Å². The van der Waals surface area contributed by atoms with Crippen LogP contribution in [0.3, 0.4) is 0 Å². The number of carbonyl (C=O) groups excluding carboxylic acids is 2. The second-order valence-corrected chi connectivity index (χ2v) is 7.61. The maximum Gasteiger partial charge on any atom is 0.261 e. The van der Waals surface area contributed by atoms with E-state index >= 15 is 0 Å². The van der Waals surface area contributed by atoms with Gasteiger partial charge in [-0.05, 0) is 37.2 Å². The number of anilines is 1. The molecule has 0 aliphatic carbocycles. The third-order valence-corrected chi connectivity index (χ3v) is 5.73. The van der Waals surface area contributed by atoms with Gasteiger partial charge in [0.05, 0.1) is 23.7 Å². The Balaban J connectivity index is 1.34. The highest BCUT2D eigenvalue weighted by molar-refractivity contribution is 7.18. The molecule has 2 aliphatic heterocycles. The predicted octanol–water partition coefficient (Wildman–Crippen LogP) is 2.02. The van der Waals surface area contributed by atoms with Crippen molar-refractivity contribution >= 4 is 39.8 Å². The molecule has 8 heteroatoms. The van der Waals surface area contributed by atoms with Crippen molar-refractivity contribution in [3.8, 4) is 0 Å². The number of amides is 2. The van der Waals surface area contributed by atoms with Gasteiger partial charge in [0.1, 0.15) is 5.00 Å². The number of morpholine rings is 1. The number of aromatic nitrogens is 1. The summed E-state index contributed by atoms with van der Waals surface area (Å²) in [6.45, 7) is 5.09. The smallest absolute Gasteiger partial charge is 0.261 e. The minimum Gasteiger partial charge on any atom is -0.379 e. The molecule has 2 aromatic rings. The molecular formula is C19H22N4O3S. The summed E-state index contributed by atoms with van der Waals surface area (Å²) in [5.41, 5.74) is 2.22. The van der Waals surface area contributed by atoms with Crippen molar-refractivity contribution in [3.05, 3.63) is 40.5 Å². The summed E-state index contributed by atoms with van der Waals surface area (Å²) in [5, 5.41) is 6.55. The second kappa shape index (κ2) is 8.08. The maximum atomic E-state index is 12.4. The van der Waals surface area contributed by atoms with E-state index in [2.05, 4.69) is 20.5 Å². The minimum absolute atomic E-state index is 0.0927. The monoisotopic (exact) mass is 386 g/mol. The summed E-state index contributed by atoms with van der Waals surface area (Å²) >= 11 is 1.31. The first-order chi connectivity index (χ1) is 13.2. The zero-order valence-electron chi connectivity index (χ0n) is 14.9. The van der Waals surface area contributed by atoms with Crippen LogP contribution >= 0.6 is 11.3 Å². The average molecular weight is 386 g/mol. The summed E-state index contributed by atoms with van der Waals surface area (Å²) in [4.78, 5) is 30.6. The first-order valence-corrected chi connectivity index (χ1v) is 9.91. The predicted molar refractivity (Wildman–Crippen MR) is 106 cm³/mol. The topological polar surface area (TPSA) is 86.5 Å². The third kappa shape index (κ3) is 4.13. The van der Waals surface area contributed by atoms with Gasteiger partial charge in [0.2, 0.25) is 0 Å². The number of nitrogens with zero attached hydrogens (tertiary/aromatic N) is 1. The van der Waals surface area contributed by atoms with E-state index in [9.17, 15) is 9.59 Å². The molecule has 0 saturated carbocycles. The lowest BCUT2D eigenvalue weighted by atomic mass is 10.1. The quantitative estimate of drug-likeness (QED) is 0.524. The fourth-order valence-electron chi connectivity index (χ4n) is 3.24. The largest absolute Gasteiger partial charge is 0.379 e. The van der Waals surface area contributed by atoms with Crippen LogP contribution in [-0.4, -0.2) is 61.1 Å². The SMILES string of the molecule is O=C1Nc2sc(C(=O)NCCCN3CCOCC3)cc2C1=Cc1ccc[nH]1. The molecule has 4 heterocycles. The molecule has 27 heavy (non-hydrogen) atoms. The van der Waals surface area contributed by atoms with E-state index in [0.717, 1.165) is 55.5 Å². The van der Waals surface area contributed by atoms with Gasteiger partial charge in [-0.1, -0.05) is 0 Å². The van der Waals surface area contributed by atoms with Crippen molar-refractivity contribution in [1.29, 1.82) is 0 Å². The summed E-state index contributed by atoms with van der Waals surface area (Å²) in [6, 6.07) is 5.57. The fraction of sp³-hybridized carbons (Fsp3) is 0.368. The Bertz CT molecular complexity index is 850. The molecule has 142 valence electrons. The first-order valence-electron chi connectivity index (χ1n) is 9.09. The van der Waals surface area contributed by atoms with Gasteiger partial charge in [-0.15, -0.1) is 11.3 Å². The van der Waals surface area contributed by atoms with Gasteiger partial charge < -0.3 is 20.4 Å². The van der Waals surface area contributed by atoms with Gasteiger partial charge in [0.15, 0.2) is 0 Å². The van der Waals surface area contributed by atoms with Crippen LogP contribution in [0.1, 0.15) is 27.3 Å². The summed E-state index contributed by atoms with van der Waals surface area (Å²) < 4.78 is 5.33. The van der Waals surface area contributed by atoms with E-state index < -0.39 is 0 Å². The van der Waals surface area contributed by atoms with Crippen molar-refractivity contribution in [1.82, 2.24) is 15.2 Å². The van der Waals surface area contributed by atoms with Crippen molar-refractivity contribution < 1.29 is 14.3 Å². The van der Waals surface area contributed by atoms with Crippen molar-refractivity contribution in [2.75, 3.05) is 44.7 Å². The molecule has 0 aromatic carbocycles. The second-order valence-electron chi connectivity index (χ2n) is 6.55. The number of hydrogen-bond donors (Lipinski definition) is 3. The molecule has 0 atom stereocenters. The molecule has 1 fully saturated rings. The maximum absolute atomic E-state index is 12.4. The van der Waals surface area contributed by atoms with Crippen molar-refractivity contribution in [2.45, 2.75) is 6.42 Å². The molecule has 2 aromatic heterocycles. The minimum atomic E-state index is -0.136. The number of carbonyl (C=O) groups is 2. The molecule has 0 radical (unpaired) electrons. The Morgan fingerprint density at radius 3 is 3.00 bits per heavy atom. The van der Waals surface area contributed by atoms with Gasteiger partial charge >= 0.3 is 0 Å². The molecule has 7 nitrogen and oxygen atoms in total. The van der Waals surface area contributed by atoms with E-state index in [1.54, 1.807) is 12.1 Å². The van der Waals surface area contributed by atoms with E-state index in [1.807, 2.05) is 18.3 Å². The molecule has 1 saturated heterocycles. The van der Waals surface area contributed by atoms with Crippen LogP contribution in [0, 0.1) is 0 Å². The molecule has 3 N–H and O–H groups in total. The summed E-state index contributed by atoms with van der Waals surface area (Å²) in [6.07, 6.45) is 4.52. The Morgan fingerprint density at radius 1 is 1.37 bits per heavy atom. The first kappa shape index (κ1) is 18.0. The molecule has 4 rings (SSSR count). The summed E-state index contributed by atoms with van der Waals surface area (Å²) in [5.74, 6) is -0.229. The highest BCUT2D eigenvalue weighted by atomic mass is 32.1. The van der Waals surface area contributed by atoms with Crippen molar-refractivity contribution in [3.63, 3.8) is 0 Å². The molecule has 0 bridgehead atoms. The Hall–Kier alpha value is -2.42. The lowest BCUT2D eigenvalue weighted by Gasteiger charge is -2.26. The van der Waals surface area contributed by atoms with Crippen LogP contribution in [0.25, 0.3) is 11.6 Å². The zero-order valence-corrected chi connectivity index (χ0v) is 15.7. The van der Waals surface area contributed by atoms with Crippen LogP contribution in [0.15, 0.2) is 24.4 Å². The number of fused-ring (bicyclic) bond motifs is 1. The standard InChI is InChI=1S/C19H22N4O3S/c24-17-14(11-13-3-1-4-20-13)15-12-16(27-19(15)22-17)18(25)21-5-2-6-23-7-9-26-10-8-23/h1,3-4,11-12,20H,2,5-10H2,(H,21,25)(H,22,24). The van der Waals surface area contributed by atoms with E-state index in [4.69, 9.17) is 4.74 Å². The van der Waals surface area contributed by atoms with E-state index in [0.29, 0.717) is 17.0 Å². The third-order valence-electron chi connectivity index (χ3n) is 4.68.